The van der Waals surface area contributed by atoms with E-state index in [1.807, 2.05) is 20.8 Å². The van der Waals surface area contributed by atoms with Crippen LogP contribution < -0.4 is 4.72 Å². The molecule has 0 atom stereocenters. The molecule has 5 nitrogen and oxygen atoms in total. The maximum atomic E-state index is 13.5. The molecular formula is C14H18FN3O2S2. The van der Waals surface area contributed by atoms with E-state index in [-0.39, 0.29) is 16.3 Å². The van der Waals surface area contributed by atoms with Gasteiger partial charge in [-0.3, -0.25) is 4.72 Å². The summed E-state index contributed by atoms with van der Waals surface area (Å²) >= 11 is 1.20. The summed E-state index contributed by atoms with van der Waals surface area (Å²) in [6, 6.07) is 4.39. The summed E-state index contributed by atoms with van der Waals surface area (Å²) in [6.07, 6.45) is 0. The van der Waals surface area contributed by atoms with Crippen LogP contribution in [0.4, 0.5) is 9.52 Å². The molecule has 0 saturated carbocycles. The van der Waals surface area contributed by atoms with Crippen molar-refractivity contribution in [1.29, 1.82) is 0 Å². The van der Waals surface area contributed by atoms with Crippen LogP contribution in [0.3, 0.4) is 0 Å². The number of aryl methyl sites for hydroxylation is 1. The van der Waals surface area contributed by atoms with Crippen molar-refractivity contribution < 1.29 is 12.8 Å². The molecule has 0 aliphatic heterocycles. The minimum atomic E-state index is -3.66. The van der Waals surface area contributed by atoms with Gasteiger partial charge < -0.3 is 0 Å². The topological polar surface area (TPSA) is 72.0 Å². The van der Waals surface area contributed by atoms with Crippen molar-refractivity contribution in [2.45, 2.75) is 38.9 Å². The third kappa shape index (κ3) is 4.23. The second-order valence-electron chi connectivity index (χ2n) is 6.11. The van der Waals surface area contributed by atoms with Crippen LogP contribution in [-0.2, 0) is 21.2 Å². The molecule has 0 amide bonds. The molecule has 1 heterocycles. The van der Waals surface area contributed by atoms with Crippen LogP contribution in [0, 0.1) is 12.7 Å². The molecule has 0 saturated heterocycles. The molecule has 2 rings (SSSR count). The van der Waals surface area contributed by atoms with Gasteiger partial charge in [-0.1, -0.05) is 44.2 Å². The van der Waals surface area contributed by atoms with Gasteiger partial charge in [0.1, 0.15) is 10.8 Å². The van der Waals surface area contributed by atoms with E-state index in [2.05, 4.69) is 14.9 Å². The molecule has 2 aromatic rings. The third-order valence-electron chi connectivity index (χ3n) is 2.90. The highest BCUT2D eigenvalue weighted by molar-refractivity contribution is 7.92. The second kappa shape index (κ2) is 5.92. The van der Waals surface area contributed by atoms with E-state index < -0.39 is 15.8 Å². The minimum Gasteiger partial charge on any atom is -0.257 e. The average molecular weight is 343 g/mol. The lowest BCUT2D eigenvalue weighted by Crippen LogP contribution is -2.15. The number of anilines is 1. The molecule has 120 valence electrons. The third-order valence-corrected chi connectivity index (χ3v) is 5.51. The molecular weight excluding hydrogens is 325 g/mol. The Balaban J connectivity index is 2.14. The molecule has 0 fully saturated rings. The quantitative estimate of drug-likeness (QED) is 0.925. The van der Waals surface area contributed by atoms with Crippen molar-refractivity contribution in [3.8, 4) is 0 Å². The van der Waals surface area contributed by atoms with Crippen LogP contribution in [0.2, 0.25) is 0 Å². The van der Waals surface area contributed by atoms with Gasteiger partial charge in [0.25, 0.3) is 0 Å². The number of sulfonamides is 1. The Bertz CT molecular complexity index is 780. The monoisotopic (exact) mass is 343 g/mol. The molecule has 0 unspecified atom stereocenters. The van der Waals surface area contributed by atoms with E-state index in [0.717, 1.165) is 5.01 Å². The number of halogens is 1. The minimum absolute atomic E-state index is 0.193. The fourth-order valence-corrected chi connectivity index (χ4v) is 3.88. The summed E-state index contributed by atoms with van der Waals surface area (Å²) < 4.78 is 40.1. The number of aromatic nitrogens is 2. The lowest BCUT2D eigenvalue weighted by Gasteiger charge is -2.12. The van der Waals surface area contributed by atoms with Gasteiger partial charge >= 0.3 is 0 Å². The molecule has 1 aromatic carbocycles. The summed E-state index contributed by atoms with van der Waals surface area (Å²) in [4.78, 5) is 0. The van der Waals surface area contributed by atoms with Crippen molar-refractivity contribution in [3.63, 3.8) is 0 Å². The molecule has 22 heavy (non-hydrogen) atoms. The van der Waals surface area contributed by atoms with E-state index in [9.17, 15) is 12.8 Å². The fourth-order valence-electron chi connectivity index (χ4n) is 1.68. The number of hydrogen-bond acceptors (Lipinski definition) is 5. The highest BCUT2D eigenvalue weighted by atomic mass is 32.2. The summed E-state index contributed by atoms with van der Waals surface area (Å²) in [5, 5.41) is 8.79. The van der Waals surface area contributed by atoms with E-state index in [1.54, 1.807) is 19.1 Å². The van der Waals surface area contributed by atoms with Gasteiger partial charge in [0.15, 0.2) is 0 Å². The lowest BCUT2D eigenvalue weighted by molar-refractivity contribution is 0.578. The van der Waals surface area contributed by atoms with Crippen molar-refractivity contribution in [2.24, 2.45) is 0 Å². The molecule has 0 aliphatic carbocycles. The molecule has 0 aliphatic rings. The van der Waals surface area contributed by atoms with Crippen molar-refractivity contribution in [3.05, 3.63) is 40.2 Å². The van der Waals surface area contributed by atoms with Gasteiger partial charge in [0, 0.05) is 5.41 Å². The lowest BCUT2D eigenvalue weighted by atomic mass is 9.98. The zero-order chi connectivity index (χ0) is 16.5. The predicted octanol–water partition coefficient (Wildman–Crippen LogP) is 3.23. The number of hydrogen-bond donors (Lipinski definition) is 1. The Kier molecular flexibility index (Phi) is 4.53. The summed E-state index contributed by atoms with van der Waals surface area (Å²) in [7, 11) is -3.66. The first-order valence-electron chi connectivity index (χ1n) is 6.66. The van der Waals surface area contributed by atoms with Gasteiger partial charge in [-0.15, -0.1) is 10.2 Å². The Morgan fingerprint density at radius 3 is 2.50 bits per heavy atom. The van der Waals surface area contributed by atoms with Gasteiger partial charge in [-0.2, -0.15) is 0 Å². The summed E-state index contributed by atoms with van der Waals surface area (Å²) in [5.41, 5.74) is 0.672. The smallest absolute Gasteiger partial charge is 0.238 e. The molecule has 0 bridgehead atoms. The average Bonchev–Trinajstić information content (AvgIpc) is 2.81. The van der Waals surface area contributed by atoms with Gasteiger partial charge in [0.2, 0.25) is 15.2 Å². The van der Waals surface area contributed by atoms with Gasteiger partial charge in [-0.25, -0.2) is 12.8 Å². The first-order valence-corrected chi connectivity index (χ1v) is 9.13. The van der Waals surface area contributed by atoms with Crippen molar-refractivity contribution in [2.75, 3.05) is 4.72 Å². The van der Waals surface area contributed by atoms with Crippen LogP contribution in [0.15, 0.2) is 18.2 Å². The van der Waals surface area contributed by atoms with Crippen molar-refractivity contribution in [1.82, 2.24) is 10.2 Å². The maximum Gasteiger partial charge on any atom is 0.238 e. The van der Waals surface area contributed by atoms with Crippen LogP contribution in [0.5, 0.6) is 0 Å². The second-order valence-corrected chi connectivity index (χ2v) is 8.81. The Labute approximate surface area is 133 Å². The zero-order valence-electron chi connectivity index (χ0n) is 12.8. The Morgan fingerprint density at radius 1 is 1.27 bits per heavy atom. The molecule has 0 spiro atoms. The Hall–Kier alpha value is -1.54. The van der Waals surface area contributed by atoms with Crippen LogP contribution in [0.1, 0.15) is 36.9 Å². The largest absolute Gasteiger partial charge is 0.257 e. The highest BCUT2D eigenvalue weighted by Gasteiger charge is 2.21. The van der Waals surface area contributed by atoms with Crippen LogP contribution >= 0.6 is 11.3 Å². The first kappa shape index (κ1) is 16.8. The number of rotatable bonds is 4. The number of nitrogens with zero attached hydrogens (tertiary/aromatic N) is 2. The highest BCUT2D eigenvalue weighted by Crippen LogP contribution is 2.28. The van der Waals surface area contributed by atoms with Crippen LogP contribution in [0.25, 0.3) is 0 Å². The maximum absolute atomic E-state index is 13.5. The molecule has 1 N–H and O–H groups in total. The molecule has 1 aromatic heterocycles. The van der Waals surface area contributed by atoms with E-state index in [1.165, 1.54) is 17.4 Å². The Morgan fingerprint density at radius 2 is 1.95 bits per heavy atom. The van der Waals surface area contributed by atoms with E-state index >= 15 is 0 Å². The SMILES string of the molecule is Cc1ccc(CS(=O)(=O)Nc2nnc(C(C)(C)C)s2)cc1F. The number of benzene rings is 1. The van der Waals surface area contributed by atoms with Gasteiger partial charge in [0.05, 0.1) is 5.75 Å². The van der Waals surface area contributed by atoms with Gasteiger partial charge in [-0.05, 0) is 24.1 Å². The predicted molar refractivity (Wildman–Crippen MR) is 86.0 cm³/mol. The fraction of sp³-hybridized carbons (Fsp3) is 0.429. The van der Waals surface area contributed by atoms with Crippen LogP contribution in [-0.4, -0.2) is 18.6 Å². The summed E-state index contributed by atoms with van der Waals surface area (Å²) in [6.45, 7) is 7.55. The van der Waals surface area contributed by atoms with Crippen molar-refractivity contribution >= 4 is 26.5 Å². The number of nitrogens with one attached hydrogen (secondary N) is 1. The molecule has 0 radical (unpaired) electrons. The molecule has 8 heteroatoms. The normalized spacial score (nSPS) is 12.4. The van der Waals surface area contributed by atoms with E-state index in [4.69, 9.17) is 0 Å². The standard InChI is InChI=1S/C14H18FN3O2S2/c1-9-5-6-10(7-11(9)15)8-22(19,20)18-13-17-16-12(21-13)14(2,3)4/h5-7H,8H2,1-4H3,(H,17,18). The summed E-state index contributed by atoms with van der Waals surface area (Å²) in [5.74, 6) is -0.729. The van der Waals surface area contributed by atoms with E-state index in [0.29, 0.717) is 11.1 Å². The first-order chi connectivity index (χ1) is 10.1. The zero-order valence-corrected chi connectivity index (χ0v) is 14.5.